The van der Waals surface area contributed by atoms with E-state index in [4.69, 9.17) is 0 Å². The Kier molecular flexibility index (Phi) is 5.89. The van der Waals surface area contributed by atoms with Gasteiger partial charge in [0.25, 0.3) is 10.2 Å². The third-order valence-corrected chi connectivity index (χ3v) is 6.38. The Bertz CT molecular complexity index is 790. The molecule has 134 valence electrons. The molecule has 1 aliphatic heterocycles. The maximum Gasteiger partial charge on any atom is 0.280 e. The first kappa shape index (κ1) is 18.1. The van der Waals surface area contributed by atoms with Crippen LogP contribution in [0.3, 0.4) is 0 Å². The smallest absolute Gasteiger partial charge is 0.202 e. The van der Waals surface area contributed by atoms with E-state index in [-0.39, 0.29) is 6.04 Å². The van der Waals surface area contributed by atoms with Gasteiger partial charge in [-0.2, -0.15) is 12.7 Å². The Morgan fingerprint density at radius 1 is 1.08 bits per heavy atom. The number of fused-ring (bicyclic) bond motifs is 1. The van der Waals surface area contributed by atoms with Crippen molar-refractivity contribution in [3.8, 4) is 0 Å². The van der Waals surface area contributed by atoms with E-state index in [1.807, 2.05) is 37.3 Å². The summed E-state index contributed by atoms with van der Waals surface area (Å²) in [6.07, 6.45) is 3.21. The van der Waals surface area contributed by atoms with Gasteiger partial charge < -0.3 is 0 Å². The van der Waals surface area contributed by atoms with E-state index in [0.29, 0.717) is 13.1 Å². The number of rotatable bonds is 7. The summed E-state index contributed by atoms with van der Waals surface area (Å²) in [5.74, 6) is 0. The standard InChI is InChI=1S/C20H26N2O2S/c1-2-15-21-25(23,24)22-16-14-18-10-6-7-11-19(18)20(22)13-12-17-8-4-3-5-9-17/h3-11,20-21H,2,12-16H2,1H3. The van der Waals surface area contributed by atoms with Crippen LogP contribution >= 0.6 is 0 Å². The van der Waals surface area contributed by atoms with Gasteiger partial charge in [0, 0.05) is 13.1 Å². The second-order valence-electron chi connectivity index (χ2n) is 6.50. The van der Waals surface area contributed by atoms with Crippen LogP contribution in [0.15, 0.2) is 54.6 Å². The molecule has 0 bridgehead atoms. The molecule has 0 radical (unpaired) electrons. The third-order valence-electron chi connectivity index (χ3n) is 4.76. The van der Waals surface area contributed by atoms with Crippen LogP contribution in [0.1, 0.15) is 42.5 Å². The van der Waals surface area contributed by atoms with Crippen LogP contribution in [-0.4, -0.2) is 25.8 Å². The maximum atomic E-state index is 12.8. The topological polar surface area (TPSA) is 49.4 Å². The molecule has 2 aromatic rings. The van der Waals surface area contributed by atoms with E-state index in [1.54, 1.807) is 4.31 Å². The van der Waals surface area contributed by atoms with Gasteiger partial charge in [-0.25, -0.2) is 4.72 Å². The van der Waals surface area contributed by atoms with Gasteiger partial charge in [0.05, 0.1) is 6.04 Å². The Labute approximate surface area is 151 Å². The number of hydrogen-bond acceptors (Lipinski definition) is 2. The van der Waals surface area contributed by atoms with E-state index in [1.165, 1.54) is 11.1 Å². The van der Waals surface area contributed by atoms with Gasteiger partial charge in [-0.1, -0.05) is 61.5 Å². The third kappa shape index (κ3) is 4.29. The van der Waals surface area contributed by atoms with Crippen molar-refractivity contribution in [3.05, 3.63) is 71.3 Å². The summed E-state index contributed by atoms with van der Waals surface area (Å²) < 4.78 is 30.0. The van der Waals surface area contributed by atoms with Crippen molar-refractivity contribution < 1.29 is 8.42 Å². The number of aryl methyl sites for hydroxylation is 1. The first-order chi connectivity index (χ1) is 12.1. The Balaban J connectivity index is 1.86. The molecular formula is C20H26N2O2S. The molecule has 0 saturated heterocycles. The molecule has 2 aromatic carbocycles. The summed E-state index contributed by atoms with van der Waals surface area (Å²) in [6, 6.07) is 18.4. The van der Waals surface area contributed by atoms with E-state index >= 15 is 0 Å². The molecule has 1 atom stereocenters. The second kappa shape index (κ2) is 8.13. The Hall–Kier alpha value is -1.69. The SMILES string of the molecule is CCCNS(=O)(=O)N1CCc2ccccc2C1CCc1ccccc1. The quantitative estimate of drug-likeness (QED) is 0.824. The lowest BCUT2D eigenvalue weighted by Gasteiger charge is -2.36. The molecule has 0 fully saturated rings. The summed E-state index contributed by atoms with van der Waals surface area (Å²) >= 11 is 0. The highest BCUT2D eigenvalue weighted by atomic mass is 32.2. The molecule has 1 N–H and O–H groups in total. The lowest BCUT2D eigenvalue weighted by molar-refractivity contribution is 0.289. The van der Waals surface area contributed by atoms with Gasteiger partial charge in [0.15, 0.2) is 0 Å². The molecule has 0 spiro atoms. The van der Waals surface area contributed by atoms with Crippen LogP contribution in [0.4, 0.5) is 0 Å². The van der Waals surface area contributed by atoms with E-state index in [9.17, 15) is 8.42 Å². The zero-order chi connectivity index (χ0) is 17.7. The fourth-order valence-electron chi connectivity index (χ4n) is 3.48. The maximum absolute atomic E-state index is 12.8. The van der Waals surface area contributed by atoms with Crippen LogP contribution in [0.5, 0.6) is 0 Å². The number of benzene rings is 2. The fourth-order valence-corrected chi connectivity index (χ4v) is 4.99. The minimum atomic E-state index is -3.46. The van der Waals surface area contributed by atoms with Crippen LogP contribution in [0, 0.1) is 0 Å². The molecule has 3 rings (SSSR count). The first-order valence-corrected chi connectivity index (χ1v) is 10.4. The Morgan fingerprint density at radius 3 is 2.56 bits per heavy atom. The molecule has 4 nitrogen and oxygen atoms in total. The number of nitrogens with zero attached hydrogens (tertiary/aromatic N) is 1. The van der Waals surface area contributed by atoms with Crippen molar-refractivity contribution in [2.75, 3.05) is 13.1 Å². The second-order valence-corrected chi connectivity index (χ2v) is 8.21. The predicted octanol–water partition coefficient (Wildman–Crippen LogP) is 3.46. The van der Waals surface area contributed by atoms with Gasteiger partial charge in [-0.15, -0.1) is 0 Å². The van der Waals surface area contributed by atoms with Crippen molar-refractivity contribution in [2.45, 2.75) is 38.6 Å². The summed E-state index contributed by atoms with van der Waals surface area (Å²) in [4.78, 5) is 0. The van der Waals surface area contributed by atoms with Gasteiger partial charge in [-0.05, 0) is 42.4 Å². The average Bonchev–Trinajstić information content (AvgIpc) is 2.65. The number of hydrogen-bond donors (Lipinski definition) is 1. The van der Waals surface area contributed by atoms with Crippen molar-refractivity contribution in [2.24, 2.45) is 0 Å². The predicted molar refractivity (Wildman–Crippen MR) is 102 cm³/mol. The largest absolute Gasteiger partial charge is 0.280 e. The zero-order valence-corrected chi connectivity index (χ0v) is 15.5. The van der Waals surface area contributed by atoms with Crippen LogP contribution in [-0.2, 0) is 23.1 Å². The van der Waals surface area contributed by atoms with Crippen molar-refractivity contribution in [3.63, 3.8) is 0 Å². The van der Waals surface area contributed by atoms with E-state index in [2.05, 4.69) is 29.0 Å². The van der Waals surface area contributed by atoms with E-state index < -0.39 is 10.2 Å². The molecule has 1 aliphatic rings. The highest BCUT2D eigenvalue weighted by molar-refractivity contribution is 7.87. The van der Waals surface area contributed by atoms with Gasteiger partial charge in [0.2, 0.25) is 0 Å². The highest BCUT2D eigenvalue weighted by Gasteiger charge is 2.34. The lowest BCUT2D eigenvalue weighted by Crippen LogP contribution is -2.46. The van der Waals surface area contributed by atoms with Crippen LogP contribution < -0.4 is 4.72 Å². The molecule has 0 saturated carbocycles. The van der Waals surface area contributed by atoms with Crippen molar-refractivity contribution in [1.29, 1.82) is 0 Å². The highest BCUT2D eigenvalue weighted by Crippen LogP contribution is 2.34. The minimum absolute atomic E-state index is 0.112. The summed E-state index contributed by atoms with van der Waals surface area (Å²) in [5, 5.41) is 0. The van der Waals surface area contributed by atoms with Crippen molar-refractivity contribution in [1.82, 2.24) is 9.03 Å². The Morgan fingerprint density at radius 2 is 1.80 bits per heavy atom. The molecule has 0 aliphatic carbocycles. The van der Waals surface area contributed by atoms with Crippen LogP contribution in [0.2, 0.25) is 0 Å². The normalized spacial score (nSPS) is 18.0. The number of nitrogens with one attached hydrogen (secondary N) is 1. The molecule has 0 aromatic heterocycles. The average molecular weight is 359 g/mol. The minimum Gasteiger partial charge on any atom is -0.202 e. The van der Waals surface area contributed by atoms with Crippen molar-refractivity contribution >= 4 is 10.2 Å². The molecule has 25 heavy (non-hydrogen) atoms. The van der Waals surface area contributed by atoms with Gasteiger partial charge >= 0.3 is 0 Å². The fraction of sp³-hybridized carbons (Fsp3) is 0.400. The first-order valence-electron chi connectivity index (χ1n) is 9.00. The van der Waals surface area contributed by atoms with Gasteiger partial charge in [-0.3, -0.25) is 0 Å². The molecule has 1 unspecified atom stereocenters. The van der Waals surface area contributed by atoms with Crippen LogP contribution in [0.25, 0.3) is 0 Å². The molecule has 1 heterocycles. The summed E-state index contributed by atoms with van der Waals surface area (Å²) in [5.41, 5.74) is 3.65. The monoisotopic (exact) mass is 358 g/mol. The molecule has 5 heteroatoms. The molecular weight excluding hydrogens is 332 g/mol. The lowest BCUT2D eigenvalue weighted by atomic mass is 9.90. The summed E-state index contributed by atoms with van der Waals surface area (Å²) in [6.45, 7) is 2.99. The molecule has 0 amide bonds. The zero-order valence-electron chi connectivity index (χ0n) is 14.7. The summed E-state index contributed by atoms with van der Waals surface area (Å²) in [7, 11) is -3.46. The van der Waals surface area contributed by atoms with E-state index in [0.717, 1.165) is 31.2 Å². The van der Waals surface area contributed by atoms with Gasteiger partial charge in [0.1, 0.15) is 0 Å².